The van der Waals surface area contributed by atoms with Gasteiger partial charge >= 0.3 is 0 Å². The molecule has 2 aromatic rings. The van der Waals surface area contributed by atoms with Gasteiger partial charge in [-0.3, -0.25) is 0 Å². The molecule has 108 valence electrons. The van der Waals surface area contributed by atoms with Crippen molar-refractivity contribution in [2.45, 2.75) is 17.9 Å². The molecule has 0 spiro atoms. The molecule has 0 bridgehead atoms. The third kappa shape index (κ3) is 2.52. The van der Waals surface area contributed by atoms with Gasteiger partial charge in [0.25, 0.3) is 0 Å². The van der Waals surface area contributed by atoms with Crippen molar-refractivity contribution in [3.8, 4) is 0 Å². The van der Waals surface area contributed by atoms with E-state index in [9.17, 15) is 8.42 Å². The lowest BCUT2D eigenvalue weighted by molar-refractivity contribution is 0.594. The zero-order valence-corrected chi connectivity index (χ0v) is 12.6. The molecule has 4 heteroatoms. The minimum absolute atomic E-state index is 0.267. The standard InChI is InChI=1S/C17H17NO2S/c1-13-12-18-16(14-8-4-2-5-9-14)17(13)21(19,20)15-10-6-3-7-11-15/h2-11,16,18H,12H2,1H3/t16-/m1/s1. The van der Waals surface area contributed by atoms with E-state index in [0.29, 0.717) is 16.3 Å². The van der Waals surface area contributed by atoms with E-state index in [1.807, 2.05) is 43.3 Å². The normalized spacial score (nSPS) is 19.0. The molecule has 0 amide bonds. The highest BCUT2D eigenvalue weighted by Gasteiger charge is 2.34. The molecule has 0 aliphatic carbocycles. The molecule has 1 atom stereocenters. The predicted octanol–water partition coefficient (Wildman–Crippen LogP) is 3.08. The van der Waals surface area contributed by atoms with Crippen LogP contribution in [-0.2, 0) is 9.84 Å². The summed E-state index contributed by atoms with van der Waals surface area (Å²) in [7, 11) is -3.47. The van der Waals surface area contributed by atoms with Crippen LogP contribution in [0.25, 0.3) is 0 Å². The van der Waals surface area contributed by atoms with Crippen molar-refractivity contribution in [3.05, 3.63) is 76.7 Å². The first-order valence-corrected chi connectivity index (χ1v) is 8.37. The third-order valence-corrected chi connectivity index (χ3v) is 5.79. The highest BCUT2D eigenvalue weighted by molar-refractivity contribution is 7.95. The summed E-state index contributed by atoms with van der Waals surface area (Å²) >= 11 is 0. The Morgan fingerprint density at radius 1 is 0.952 bits per heavy atom. The van der Waals surface area contributed by atoms with Crippen LogP contribution in [0, 0.1) is 0 Å². The quantitative estimate of drug-likeness (QED) is 0.947. The van der Waals surface area contributed by atoms with Crippen LogP contribution in [0.5, 0.6) is 0 Å². The van der Waals surface area contributed by atoms with Gasteiger partial charge in [0.15, 0.2) is 0 Å². The smallest absolute Gasteiger partial charge is 0.204 e. The van der Waals surface area contributed by atoms with Crippen molar-refractivity contribution < 1.29 is 8.42 Å². The maximum Gasteiger partial charge on any atom is 0.204 e. The van der Waals surface area contributed by atoms with E-state index in [1.165, 1.54) is 0 Å². The van der Waals surface area contributed by atoms with Gasteiger partial charge in [-0.05, 0) is 30.2 Å². The second-order valence-corrected chi connectivity index (χ2v) is 7.10. The number of sulfone groups is 1. The lowest BCUT2D eigenvalue weighted by Gasteiger charge is -2.17. The zero-order chi connectivity index (χ0) is 14.9. The van der Waals surface area contributed by atoms with Crippen LogP contribution < -0.4 is 5.32 Å². The van der Waals surface area contributed by atoms with Gasteiger partial charge in [0.1, 0.15) is 0 Å². The van der Waals surface area contributed by atoms with Gasteiger partial charge in [-0.2, -0.15) is 0 Å². The maximum atomic E-state index is 12.9. The summed E-state index contributed by atoms with van der Waals surface area (Å²) in [5, 5.41) is 3.30. The van der Waals surface area contributed by atoms with E-state index in [1.54, 1.807) is 24.3 Å². The van der Waals surface area contributed by atoms with Gasteiger partial charge < -0.3 is 5.32 Å². The maximum absolute atomic E-state index is 12.9. The Labute approximate surface area is 125 Å². The summed E-state index contributed by atoms with van der Waals surface area (Å²) in [6.07, 6.45) is 0. The monoisotopic (exact) mass is 299 g/mol. The Morgan fingerprint density at radius 2 is 1.52 bits per heavy atom. The van der Waals surface area contributed by atoms with Crippen molar-refractivity contribution in [2.75, 3.05) is 6.54 Å². The van der Waals surface area contributed by atoms with Crippen LogP contribution in [0.3, 0.4) is 0 Å². The average Bonchev–Trinajstić information content (AvgIpc) is 2.91. The summed E-state index contributed by atoms with van der Waals surface area (Å²) in [5.74, 6) is 0. The number of hydrogen-bond acceptors (Lipinski definition) is 3. The Hall–Kier alpha value is -1.91. The minimum atomic E-state index is -3.47. The fraction of sp³-hybridized carbons (Fsp3) is 0.176. The summed E-state index contributed by atoms with van der Waals surface area (Å²) in [6.45, 7) is 2.48. The van der Waals surface area contributed by atoms with E-state index in [4.69, 9.17) is 0 Å². The summed E-state index contributed by atoms with van der Waals surface area (Å²) < 4.78 is 25.9. The Balaban J connectivity index is 2.09. The first-order chi connectivity index (χ1) is 10.1. The molecule has 0 saturated carbocycles. The molecule has 0 radical (unpaired) electrons. The molecular weight excluding hydrogens is 282 g/mol. The topological polar surface area (TPSA) is 46.2 Å². The molecule has 21 heavy (non-hydrogen) atoms. The highest BCUT2D eigenvalue weighted by Crippen LogP contribution is 2.36. The number of benzene rings is 2. The van der Waals surface area contributed by atoms with E-state index in [-0.39, 0.29) is 6.04 Å². The van der Waals surface area contributed by atoms with Gasteiger partial charge in [-0.15, -0.1) is 0 Å². The molecule has 2 aromatic carbocycles. The molecule has 3 nitrogen and oxygen atoms in total. The van der Waals surface area contributed by atoms with Crippen LogP contribution in [-0.4, -0.2) is 15.0 Å². The summed E-state index contributed by atoms with van der Waals surface area (Å²) in [6, 6.07) is 18.1. The van der Waals surface area contributed by atoms with Crippen molar-refractivity contribution in [1.29, 1.82) is 0 Å². The lowest BCUT2D eigenvalue weighted by Crippen LogP contribution is -2.20. The second kappa shape index (κ2) is 5.47. The molecule has 0 fully saturated rings. The number of hydrogen-bond donors (Lipinski definition) is 1. The Bertz CT molecular complexity index is 765. The van der Waals surface area contributed by atoms with Crippen molar-refractivity contribution in [3.63, 3.8) is 0 Å². The molecule has 1 aliphatic heterocycles. The molecule has 1 aliphatic rings. The Morgan fingerprint density at radius 3 is 2.14 bits per heavy atom. The van der Waals surface area contributed by atoms with Gasteiger partial charge in [-0.1, -0.05) is 48.5 Å². The third-order valence-electron chi connectivity index (χ3n) is 3.73. The van der Waals surface area contributed by atoms with E-state index in [2.05, 4.69) is 5.32 Å². The second-order valence-electron chi connectivity index (χ2n) is 5.19. The molecule has 0 saturated heterocycles. The first-order valence-electron chi connectivity index (χ1n) is 6.89. The van der Waals surface area contributed by atoms with Gasteiger partial charge in [0, 0.05) is 6.54 Å². The molecular formula is C17H17NO2S. The van der Waals surface area contributed by atoms with Crippen LogP contribution in [0.1, 0.15) is 18.5 Å². The molecule has 1 N–H and O–H groups in total. The fourth-order valence-corrected chi connectivity index (χ4v) is 4.54. The van der Waals surface area contributed by atoms with Crippen molar-refractivity contribution >= 4 is 9.84 Å². The van der Waals surface area contributed by atoms with E-state index >= 15 is 0 Å². The number of nitrogens with one attached hydrogen (secondary N) is 1. The van der Waals surface area contributed by atoms with Crippen LogP contribution in [0.4, 0.5) is 0 Å². The molecule has 3 rings (SSSR count). The predicted molar refractivity (Wildman–Crippen MR) is 83.5 cm³/mol. The van der Waals surface area contributed by atoms with Crippen molar-refractivity contribution in [1.82, 2.24) is 5.32 Å². The van der Waals surface area contributed by atoms with Crippen LogP contribution in [0.2, 0.25) is 0 Å². The Kier molecular flexibility index (Phi) is 3.66. The van der Waals surface area contributed by atoms with E-state index < -0.39 is 9.84 Å². The van der Waals surface area contributed by atoms with E-state index in [0.717, 1.165) is 11.1 Å². The zero-order valence-electron chi connectivity index (χ0n) is 11.8. The van der Waals surface area contributed by atoms with Crippen LogP contribution >= 0.6 is 0 Å². The molecule has 0 aromatic heterocycles. The lowest BCUT2D eigenvalue weighted by atomic mass is 10.1. The van der Waals surface area contributed by atoms with Gasteiger partial charge in [-0.25, -0.2) is 8.42 Å². The van der Waals surface area contributed by atoms with Gasteiger partial charge in [0.2, 0.25) is 9.84 Å². The summed E-state index contributed by atoms with van der Waals surface area (Å²) in [4.78, 5) is 0.837. The first kappa shape index (κ1) is 14.0. The minimum Gasteiger partial charge on any atom is -0.302 e. The highest BCUT2D eigenvalue weighted by atomic mass is 32.2. The van der Waals surface area contributed by atoms with Crippen LogP contribution in [0.15, 0.2) is 76.0 Å². The van der Waals surface area contributed by atoms with Crippen molar-refractivity contribution in [2.24, 2.45) is 0 Å². The average molecular weight is 299 g/mol. The number of rotatable bonds is 3. The largest absolute Gasteiger partial charge is 0.302 e. The molecule has 1 heterocycles. The SMILES string of the molecule is CC1=C(S(=O)(=O)c2ccccc2)[C@@H](c2ccccc2)NC1. The fourth-order valence-electron chi connectivity index (χ4n) is 2.71. The van der Waals surface area contributed by atoms with Gasteiger partial charge in [0.05, 0.1) is 15.8 Å². The molecule has 0 unspecified atom stereocenters. The summed E-state index contributed by atoms with van der Waals surface area (Å²) in [5.41, 5.74) is 1.86.